The highest BCUT2D eigenvalue weighted by Crippen LogP contribution is 2.26. The number of hydrogen-bond donors (Lipinski definition) is 1. The summed E-state index contributed by atoms with van der Waals surface area (Å²) in [6, 6.07) is 12.4. The normalized spacial score (nSPS) is 11.0. The molecule has 1 N–H and O–H groups in total. The van der Waals surface area contributed by atoms with Gasteiger partial charge in [-0.25, -0.2) is 4.98 Å². The highest BCUT2D eigenvalue weighted by Gasteiger charge is 2.14. The number of carbonyl (C=O) groups excluding carboxylic acids is 1. The second kappa shape index (κ2) is 9.67. The van der Waals surface area contributed by atoms with Crippen molar-refractivity contribution in [1.29, 1.82) is 0 Å². The lowest BCUT2D eigenvalue weighted by Crippen LogP contribution is -2.26. The number of thioether (sulfide) groups is 1. The summed E-state index contributed by atoms with van der Waals surface area (Å²) >= 11 is 1.24. The van der Waals surface area contributed by atoms with Gasteiger partial charge >= 0.3 is 0 Å². The Hall–Kier alpha value is -3.00. The number of benzene rings is 2. The minimum Gasteiger partial charge on any atom is -0.497 e. The minimum absolute atomic E-state index is 0.0882. The minimum atomic E-state index is -0.214. The van der Waals surface area contributed by atoms with Gasteiger partial charge in [0.2, 0.25) is 5.91 Å². The predicted molar refractivity (Wildman–Crippen MR) is 120 cm³/mol. The van der Waals surface area contributed by atoms with E-state index in [9.17, 15) is 9.59 Å². The Bertz CT molecular complexity index is 1090. The van der Waals surface area contributed by atoms with Gasteiger partial charge in [0, 0.05) is 30.4 Å². The van der Waals surface area contributed by atoms with E-state index in [0.717, 1.165) is 0 Å². The van der Waals surface area contributed by atoms with Gasteiger partial charge in [0.15, 0.2) is 5.16 Å². The van der Waals surface area contributed by atoms with Crippen LogP contribution in [0.5, 0.6) is 11.5 Å². The smallest absolute Gasteiger partial charge is 0.262 e. The zero-order chi connectivity index (χ0) is 21.7. The van der Waals surface area contributed by atoms with Crippen molar-refractivity contribution in [3.8, 4) is 11.5 Å². The molecule has 0 aliphatic rings. The lowest BCUT2D eigenvalue weighted by atomic mass is 10.2. The largest absolute Gasteiger partial charge is 0.497 e. The Morgan fingerprint density at radius 3 is 2.43 bits per heavy atom. The first kappa shape index (κ1) is 21.7. The van der Waals surface area contributed by atoms with Gasteiger partial charge < -0.3 is 14.8 Å². The molecule has 0 saturated carbocycles. The Kier molecular flexibility index (Phi) is 6.99. The molecule has 2 aromatic carbocycles. The number of methoxy groups -OCH3 is 2. The number of nitrogens with one attached hydrogen (secondary N) is 1. The van der Waals surface area contributed by atoms with Crippen LogP contribution in [0.3, 0.4) is 0 Å². The summed E-state index contributed by atoms with van der Waals surface area (Å²) in [6.45, 7) is 4.62. The number of ether oxygens (including phenoxy) is 2. The van der Waals surface area contributed by atoms with E-state index < -0.39 is 0 Å². The molecule has 0 saturated heterocycles. The quantitative estimate of drug-likeness (QED) is 0.435. The van der Waals surface area contributed by atoms with E-state index >= 15 is 0 Å². The van der Waals surface area contributed by atoms with Gasteiger partial charge in [-0.2, -0.15) is 0 Å². The molecule has 0 radical (unpaired) electrons. The molecular weight excluding hydrogens is 402 g/mol. The molecule has 7 nitrogen and oxygen atoms in total. The highest BCUT2D eigenvalue weighted by molar-refractivity contribution is 7.99. The van der Waals surface area contributed by atoms with Crippen LogP contribution >= 0.6 is 11.8 Å². The molecule has 0 spiro atoms. The van der Waals surface area contributed by atoms with Crippen molar-refractivity contribution in [2.75, 3.05) is 25.3 Å². The molecule has 1 aromatic heterocycles. The monoisotopic (exact) mass is 427 g/mol. The standard InChI is InChI=1S/C22H25N3O4S/c1-14(2)12-25-21(27)18-7-5-6-8-19(18)24-22(25)30-13-20(26)23-15-9-16(28-3)11-17(10-15)29-4/h5-11,14H,12-13H2,1-4H3,(H,23,26). The molecule has 3 rings (SSSR count). The molecule has 158 valence electrons. The number of anilines is 1. The lowest BCUT2D eigenvalue weighted by Gasteiger charge is -2.15. The van der Waals surface area contributed by atoms with E-state index in [2.05, 4.69) is 10.3 Å². The van der Waals surface area contributed by atoms with Gasteiger partial charge in [0.05, 0.1) is 30.9 Å². The Balaban J connectivity index is 1.81. The van der Waals surface area contributed by atoms with Crippen LogP contribution in [0.2, 0.25) is 0 Å². The second-order valence-electron chi connectivity index (χ2n) is 7.16. The first-order valence-corrected chi connectivity index (χ1v) is 10.5. The van der Waals surface area contributed by atoms with Gasteiger partial charge in [-0.15, -0.1) is 0 Å². The van der Waals surface area contributed by atoms with E-state index in [1.54, 1.807) is 43.1 Å². The lowest BCUT2D eigenvalue weighted by molar-refractivity contribution is -0.113. The molecule has 3 aromatic rings. The van der Waals surface area contributed by atoms with Crippen molar-refractivity contribution in [3.63, 3.8) is 0 Å². The number of amides is 1. The van der Waals surface area contributed by atoms with Gasteiger partial charge in [0.1, 0.15) is 11.5 Å². The van der Waals surface area contributed by atoms with Crippen LogP contribution in [0, 0.1) is 5.92 Å². The molecule has 0 atom stereocenters. The van der Waals surface area contributed by atoms with E-state index in [4.69, 9.17) is 9.47 Å². The SMILES string of the molecule is COc1cc(NC(=O)CSc2nc3ccccc3c(=O)n2CC(C)C)cc(OC)c1. The van der Waals surface area contributed by atoms with Crippen LogP contribution in [-0.2, 0) is 11.3 Å². The predicted octanol–water partition coefficient (Wildman–Crippen LogP) is 3.80. The molecule has 0 aliphatic heterocycles. The topological polar surface area (TPSA) is 82.5 Å². The zero-order valence-corrected chi connectivity index (χ0v) is 18.3. The molecule has 1 amide bonds. The summed E-state index contributed by atoms with van der Waals surface area (Å²) in [5.41, 5.74) is 1.11. The maximum absolute atomic E-state index is 12.9. The van der Waals surface area contributed by atoms with Crippen molar-refractivity contribution in [3.05, 3.63) is 52.8 Å². The van der Waals surface area contributed by atoms with Gasteiger partial charge in [0.25, 0.3) is 5.56 Å². The summed E-state index contributed by atoms with van der Waals surface area (Å²) in [5, 5.41) is 3.95. The number of hydrogen-bond acceptors (Lipinski definition) is 6. The van der Waals surface area contributed by atoms with E-state index in [0.29, 0.717) is 39.8 Å². The fourth-order valence-corrected chi connectivity index (χ4v) is 3.80. The van der Waals surface area contributed by atoms with Crippen molar-refractivity contribution >= 4 is 34.3 Å². The van der Waals surface area contributed by atoms with E-state index in [1.807, 2.05) is 32.0 Å². The van der Waals surface area contributed by atoms with E-state index in [-0.39, 0.29) is 23.1 Å². The Labute approximate surface area is 179 Å². The van der Waals surface area contributed by atoms with E-state index in [1.165, 1.54) is 11.8 Å². The van der Waals surface area contributed by atoms with Crippen LogP contribution in [-0.4, -0.2) is 35.4 Å². The fourth-order valence-electron chi connectivity index (χ4n) is 2.99. The Morgan fingerprint density at radius 2 is 1.80 bits per heavy atom. The van der Waals surface area contributed by atoms with Crippen molar-refractivity contribution in [2.24, 2.45) is 5.92 Å². The van der Waals surface area contributed by atoms with Gasteiger partial charge in [-0.3, -0.25) is 14.2 Å². The first-order valence-electron chi connectivity index (χ1n) is 9.56. The third-order valence-corrected chi connectivity index (χ3v) is 5.32. The first-order chi connectivity index (χ1) is 14.4. The molecule has 0 fully saturated rings. The number of fused-ring (bicyclic) bond motifs is 1. The van der Waals surface area contributed by atoms with Crippen molar-refractivity contribution in [2.45, 2.75) is 25.5 Å². The maximum Gasteiger partial charge on any atom is 0.262 e. The van der Waals surface area contributed by atoms with Gasteiger partial charge in [-0.1, -0.05) is 37.7 Å². The van der Waals surface area contributed by atoms with Crippen molar-refractivity contribution in [1.82, 2.24) is 9.55 Å². The van der Waals surface area contributed by atoms with Crippen molar-refractivity contribution < 1.29 is 14.3 Å². The van der Waals surface area contributed by atoms with Crippen LogP contribution < -0.4 is 20.3 Å². The summed E-state index contributed by atoms with van der Waals surface area (Å²) in [5.74, 6) is 1.33. The summed E-state index contributed by atoms with van der Waals surface area (Å²) < 4.78 is 12.1. The Morgan fingerprint density at radius 1 is 1.13 bits per heavy atom. The molecule has 0 unspecified atom stereocenters. The molecule has 8 heteroatoms. The number of rotatable bonds is 8. The number of nitrogens with zero attached hydrogens (tertiary/aromatic N) is 2. The molecule has 0 aliphatic carbocycles. The molecule has 1 heterocycles. The molecule has 0 bridgehead atoms. The van der Waals surface area contributed by atoms with Crippen LogP contribution in [0.25, 0.3) is 10.9 Å². The number of carbonyl (C=O) groups is 1. The van der Waals surface area contributed by atoms with Crippen LogP contribution in [0.15, 0.2) is 52.4 Å². The number of aromatic nitrogens is 2. The van der Waals surface area contributed by atoms with Gasteiger partial charge in [-0.05, 0) is 18.1 Å². The highest BCUT2D eigenvalue weighted by atomic mass is 32.2. The molecule has 30 heavy (non-hydrogen) atoms. The number of para-hydroxylation sites is 1. The maximum atomic E-state index is 12.9. The molecular formula is C22H25N3O4S. The fraction of sp³-hybridized carbons (Fsp3) is 0.318. The van der Waals surface area contributed by atoms with Crippen LogP contribution in [0.4, 0.5) is 5.69 Å². The summed E-state index contributed by atoms with van der Waals surface area (Å²) in [7, 11) is 3.10. The van der Waals surface area contributed by atoms with Crippen LogP contribution in [0.1, 0.15) is 13.8 Å². The zero-order valence-electron chi connectivity index (χ0n) is 17.5. The average molecular weight is 428 g/mol. The second-order valence-corrected chi connectivity index (χ2v) is 8.10. The summed E-state index contributed by atoms with van der Waals surface area (Å²) in [6.07, 6.45) is 0. The average Bonchev–Trinajstić information content (AvgIpc) is 2.74. The summed E-state index contributed by atoms with van der Waals surface area (Å²) in [4.78, 5) is 30.1. The third kappa shape index (κ3) is 5.13. The third-order valence-electron chi connectivity index (χ3n) is 4.34.